The van der Waals surface area contributed by atoms with E-state index in [0.717, 1.165) is 48.7 Å². The number of rotatable bonds is 7. The average Bonchev–Trinajstić information content (AvgIpc) is 2.95. The molecule has 0 aromatic heterocycles. The minimum absolute atomic E-state index is 0.0593. The number of hydrogen-bond acceptors (Lipinski definition) is 3. The van der Waals surface area contributed by atoms with Crippen molar-refractivity contribution < 1.29 is 4.79 Å². The van der Waals surface area contributed by atoms with E-state index in [-0.39, 0.29) is 5.91 Å². The summed E-state index contributed by atoms with van der Waals surface area (Å²) in [6, 6.07) is 6.35. The number of para-hydroxylation sites is 1. The standard InChI is InChI=1S/C17H24N2OS/c1-3-6-13-8-5-9-14(7-4-2)17(13)19-15(20)12-16-18-10-11-21-16/h5,8-9H,3-4,6-7,10-12H2,1-2H3,(H,19,20). The summed E-state index contributed by atoms with van der Waals surface area (Å²) in [5.74, 6) is 1.07. The predicted molar refractivity (Wildman–Crippen MR) is 92.4 cm³/mol. The van der Waals surface area contributed by atoms with Crippen molar-refractivity contribution in [2.45, 2.75) is 46.0 Å². The van der Waals surface area contributed by atoms with Crippen LogP contribution in [0.25, 0.3) is 0 Å². The highest BCUT2D eigenvalue weighted by Crippen LogP contribution is 2.25. The Morgan fingerprint density at radius 2 is 1.90 bits per heavy atom. The van der Waals surface area contributed by atoms with Crippen molar-refractivity contribution >= 4 is 28.4 Å². The molecule has 0 saturated heterocycles. The molecule has 4 heteroatoms. The molecule has 0 aliphatic carbocycles. The summed E-state index contributed by atoms with van der Waals surface area (Å²) in [5.41, 5.74) is 3.53. The molecule has 1 heterocycles. The number of hydrogen-bond donors (Lipinski definition) is 1. The van der Waals surface area contributed by atoms with Gasteiger partial charge in [-0.25, -0.2) is 0 Å². The van der Waals surface area contributed by atoms with Crippen molar-refractivity contribution in [1.82, 2.24) is 0 Å². The van der Waals surface area contributed by atoms with Crippen LogP contribution in [0.15, 0.2) is 23.2 Å². The molecule has 0 unspecified atom stereocenters. The molecule has 0 spiro atoms. The number of thioether (sulfide) groups is 1. The first-order chi connectivity index (χ1) is 10.2. The van der Waals surface area contributed by atoms with E-state index >= 15 is 0 Å². The van der Waals surface area contributed by atoms with Crippen LogP contribution >= 0.6 is 11.8 Å². The van der Waals surface area contributed by atoms with Gasteiger partial charge in [-0.1, -0.05) is 44.9 Å². The highest BCUT2D eigenvalue weighted by atomic mass is 32.2. The molecule has 0 bridgehead atoms. The molecule has 0 atom stereocenters. The topological polar surface area (TPSA) is 41.5 Å². The first-order valence-electron chi connectivity index (χ1n) is 7.81. The quantitative estimate of drug-likeness (QED) is 0.825. The number of amides is 1. The summed E-state index contributed by atoms with van der Waals surface area (Å²) in [4.78, 5) is 16.6. The van der Waals surface area contributed by atoms with E-state index in [1.807, 2.05) is 0 Å². The second kappa shape index (κ2) is 8.23. The fraction of sp³-hybridized carbons (Fsp3) is 0.529. The number of anilines is 1. The highest BCUT2D eigenvalue weighted by molar-refractivity contribution is 8.14. The second-order valence-electron chi connectivity index (χ2n) is 5.30. The summed E-state index contributed by atoms with van der Waals surface area (Å²) >= 11 is 1.70. The van der Waals surface area contributed by atoms with Gasteiger partial charge in [0, 0.05) is 18.0 Å². The lowest BCUT2D eigenvalue weighted by molar-refractivity contribution is -0.115. The Balaban J connectivity index is 2.13. The summed E-state index contributed by atoms with van der Waals surface area (Å²) in [7, 11) is 0. The maximum absolute atomic E-state index is 12.3. The van der Waals surface area contributed by atoms with E-state index in [2.05, 4.69) is 42.4 Å². The number of nitrogens with one attached hydrogen (secondary N) is 1. The van der Waals surface area contributed by atoms with Crippen molar-refractivity contribution in [2.24, 2.45) is 4.99 Å². The average molecular weight is 304 g/mol. The van der Waals surface area contributed by atoms with Crippen molar-refractivity contribution in [3.63, 3.8) is 0 Å². The zero-order valence-corrected chi connectivity index (χ0v) is 13.8. The van der Waals surface area contributed by atoms with Crippen LogP contribution in [0.4, 0.5) is 5.69 Å². The van der Waals surface area contributed by atoms with Crippen LogP contribution in [0.2, 0.25) is 0 Å². The maximum atomic E-state index is 12.3. The van der Waals surface area contributed by atoms with Gasteiger partial charge in [-0.3, -0.25) is 9.79 Å². The summed E-state index contributed by atoms with van der Waals surface area (Å²) in [5, 5.41) is 4.11. The summed E-state index contributed by atoms with van der Waals surface area (Å²) in [6.07, 6.45) is 4.59. The van der Waals surface area contributed by atoms with E-state index < -0.39 is 0 Å². The largest absolute Gasteiger partial charge is 0.325 e. The summed E-state index contributed by atoms with van der Waals surface area (Å²) < 4.78 is 0. The number of carbonyl (C=O) groups excluding carboxylic acids is 1. The van der Waals surface area contributed by atoms with Gasteiger partial charge in [-0.05, 0) is 24.0 Å². The third kappa shape index (κ3) is 4.60. The highest BCUT2D eigenvalue weighted by Gasteiger charge is 2.15. The normalized spacial score (nSPS) is 14.1. The molecule has 1 amide bonds. The molecule has 2 rings (SSSR count). The minimum atomic E-state index is 0.0593. The third-order valence-electron chi connectivity index (χ3n) is 3.50. The maximum Gasteiger partial charge on any atom is 0.230 e. The van der Waals surface area contributed by atoms with Crippen LogP contribution in [0, 0.1) is 0 Å². The van der Waals surface area contributed by atoms with Gasteiger partial charge < -0.3 is 5.32 Å². The molecule has 0 radical (unpaired) electrons. The first kappa shape index (κ1) is 16.1. The van der Waals surface area contributed by atoms with Crippen molar-refractivity contribution in [2.75, 3.05) is 17.6 Å². The van der Waals surface area contributed by atoms with Crippen molar-refractivity contribution in [3.05, 3.63) is 29.3 Å². The molecule has 3 nitrogen and oxygen atoms in total. The molecular weight excluding hydrogens is 280 g/mol. The molecule has 1 N–H and O–H groups in total. The van der Waals surface area contributed by atoms with Crippen LogP contribution in [0.3, 0.4) is 0 Å². The number of carbonyl (C=O) groups is 1. The number of benzene rings is 1. The minimum Gasteiger partial charge on any atom is -0.325 e. The summed E-state index contributed by atoms with van der Waals surface area (Å²) in [6.45, 7) is 5.19. The van der Waals surface area contributed by atoms with Crippen LogP contribution in [0.5, 0.6) is 0 Å². The molecule has 0 fully saturated rings. The van der Waals surface area contributed by atoms with Gasteiger partial charge in [0.2, 0.25) is 5.91 Å². The lowest BCUT2D eigenvalue weighted by Crippen LogP contribution is -2.17. The van der Waals surface area contributed by atoms with Gasteiger partial charge in [-0.15, -0.1) is 11.8 Å². The van der Waals surface area contributed by atoms with E-state index in [4.69, 9.17) is 0 Å². The van der Waals surface area contributed by atoms with E-state index in [9.17, 15) is 4.79 Å². The van der Waals surface area contributed by atoms with Crippen molar-refractivity contribution in [3.8, 4) is 0 Å². The van der Waals surface area contributed by atoms with Gasteiger partial charge in [0.15, 0.2) is 0 Å². The Labute approximate surface area is 131 Å². The molecule has 1 aromatic rings. The molecule has 21 heavy (non-hydrogen) atoms. The fourth-order valence-corrected chi connectivity index (χ4v) is 3.41. The second-order valence-corrected chi connectivity index (χ2v) is 6.47. The molecule has 1 aromatic carbocycles. The zero-order valence-electron chi connectivity index (χ0n) is 12.9. The first-order valence-corrected chi connectivity index (χ1v) is 8.79. The smallest absolute Gasteiger partial charge is 0.230 e. The van der Waals surface area contributed by atoms with E-state index in [1.165, 1.54) is 11.1 Å². The Morgan fingerprint density at radius 1 is 1.24 bits per heavy atom. The number of aryl methyl sites for hydroxylation is 2. The van der Waals surface area contributed by atoms with E-state index in [0.29, 0.717) is 6.42 Å². The molecule has 1 aliphatic heterocycles. The van der Waals surface area contributed by atoms with Gasteiger partial charge in [-0.2, -0.15) is 0 Å². The van der Waals surface area contributed by atoms with Gasteiger partial charge >= 0.3 is 0 Å². The molecule has 0 saturated carbocycles. The predicted octanol–water partition coefficient (Wildman–Crippen LogP) is 4.07. The fourth-order valence-electron chi connectivity index (χ4n) is 2.58. The molecular formula is C17H24N2OS. The Bertz CT molecular complexity index is 501. The monoisotopic (exact) mass is 304 g/mol. The van der Waals surface area contributed by atoms with Gasteiger partial charge in [0.05, 0.1) is 11.5 Å². The van der Waals surface area contributed by atoms with Gasteiger partial charge in [0.1, 0.15) is 0 Å². The Hall–Kier alpha value is -1.29. The lowest BCUT2D eigenvalue weighted by atomic mass is 10.00. The molecule has 114 valence electrons. The SMILES string of the molecule is CCCc1cccc(CCC)c1NC(=O)CC1=NCCS1. The van der Waals surface area contributed by atoms with Crippen LogP contribution in [0.1, 0.15) is 44.2 Å². The Morgan fingerprint density at radius 3 is 2.43 bits per heavy atom. The van der Waals surface area contributed by atoms with Crippen molar-refractivity contribution in [1.29, 1.82) is 0 Å². The van der Waals surface area contributed by atoms with Crippen LogP contribution in [-0.4, -0.2) is 23.2 Å². The number of nitrogens with zero attached hydrogens (tertiary/aromatic N) is 1. The number of aliphatic imine (C=N–C) groups is 1. The molecule has 1 aliphatic rings. The van der Waals surface area contributed by atoms with Gasteiger partial charge in [0.25, 0.3) is 0 Å². The lowest BCUT2D eigenvalue weighted by Gasteiger charge is -2.15. The Kier molecular flexibility index (Phi) is 6.30. The zero-order chi connectivity index (χ0) is 15.1. The third-order valence-corrected chi connectivity index (χ3v) is 4.49. The van der Waals surface area contributed by atoms with Crippen LogP contribution in [-0.2, 0) is 17.6 Å². The van der Waals surface area contributed by atoms with Crippen LogP contribution < -0.4 is 5.32 Å². The van der Waals surface area contributed by atoms with E-state index in [1.54, 1.807) is 11.8 Å².